The van der Waals surface area contributed by atoms with E-state index in [4.69, 9.17) is 0 Å². The average Bonchev–Trinajstić information content (AvgIpc) is 2.48. The predicted molar refractivity (Wildman–Crippen MR) is 85.7 cm³/mol. The van der Waals surface area contributed by atoms with Crippen LogP contribution in [0.1, 0.15) is 48.4 Å². The lowest BCUT2D eigenvalue weighted by Crippen LogP contribution is -2.28. The summed E-state index contributed by atoms with van der Waals surface area (Å²) in [6, 6.07) is 10.8. The zero-order valence-electron chi connectivity index (χ0n) is 13.1. The number of nitrogens with one attached hydrogen (secondary N) is 2. The number of hydrogen-bond acceptors (Lipinski definition) is 3. The van der Waals surface area contributed by atoms with Gasteiger partial charge in [0.25, 0.3) is 11.5 Å². The molecule has 0 radical (unpaired) electrons. The van der Waals surface area contributed by atoms with Crippen molar-refractivity contribution < 1.29 is 4.79 Å². The van der Waals surface area contributed by atoms with Crippen molar-refractivity contribution in [3.63, 3.8) is 0 Å². The van der Waals surface area contributed by atoms with Crippen molar-refractivity contribution >= 4 is 5.91 Å². The van der Waals surface area contributed by atoms with Crippen LogP contribution in [0.3, 0.4) is 0 Å². The van der Waals surface area contributed by atoms with Gasteiger partial charge >= 0.3 is 0 Å². The summed E-state index contributed by atoms with van der Waals surface area (Å²) in [6.07, 6.45) is 1.04. The van der Waals surface area contributed by atoms with Gasteiger partial charge in [-0.25, -0.2) is 5.10 Å². The summed E-state index contributed by atoms with van der Waals surface area (Å²) in [7, 11) is 0. The van der Waals surface area contributed by atoms with E-state index in [-0.39, 0.29) is 23.2 Å². The molecule has 1 amide bonds. The smallest absolute Gasteiger partial charge is 0.272 e. The minimum absolute atomic E-state index is 0.130. The minimum atomic E-state index is -0.328. The molecule has 1 aromatic carbocycles. The standard InChI is InChI=1S/C17H21N3O2/c1-11(2)10-13-4-6-14(7-5-13)12(3)18-17(22)15-8-9-16(21)20-19-15/h4-9,11-12H,10H2,1-3H3,(H,18,22)(H,20,21)/t12-/m0/s1. The number of rotatable bonds is 5. The zero-order valence-corrected chi connectivity index (χ0v) is 13.1. The average molecular weight is 299 g/mol. The molecule has 5 heteroatoms. The van der Waals surface area contributed by atoms with Gasteiger partial charge in [-0.1, -0.05) is 38.1 Å². The summed E-state index contributed by atoms with van der Waals surface area (Å²) >= 11 is 0. The van der Waals surface area contributed by atoms with E-state index in [9.17, 15) is 9.59 Å². The normalized spacial score (nSPS) is 12.2. The molecule has 0 unspecified atom stereocenters. The number of benzene rings is 1. The number of H-pyrrole nitrogens is 1. The highest BCUT2D eigenvalue weighted by molar-refractivity contribution is 5.92. The minimum Gasteiger partial charge on any atom is -0.344 e. The van der Waals surface area contributed by atoms with Crippen molar-refractivity contribution in [3.05, 3.63) is 63.6 Å². The molecule has 1 atom stereocenters. The van der Waals surface area contributed by atoms with Crippen molar-refractivity contribution in [1.29, 1.82) is 0 Å². The SMILES string of the molecule is CC(C)Cc1ccc([C@H](C)NC(=O)c2ccc(=O)[nH]n2)cc1. The molecule has 0 aliphatic carbocycles. The number of nitrogens with zero attached hydrogens (tertiary/aromatic N) is 1. The Kier molecular flexibility index (Phi) is 5.09. The van der Waals surface area contributed by atoms with Crippen LogP contribution in [0.2, 0.25) is 0 Å². The topological polar surface area (TPSA) is 74.8 Å². The van der Waals surface area contributed by atoms with E-state index < -0.39 is 0 Å². The van der Waals surface area contributed by atoms with Gasteiger partial charge in [-0.05, 0) is 36.5 Å². The number of hydrogen-bond donors (Lipinski definition) is 2. The number of carbonyl (C=O) groups is 1. The molecule has 0 spiro atoms. The van der Waals surface area contributed by atoms with Crippen molar-refractivity contribution in [1.82, 2.24) is 15.5 Å². The fraction of sp³-hybridized carbons (Fsp3) is 0.353. The van der Waals surface area contributed by atoms with Crippen LogP contribution in [-0.4, -0.2) is 16.1 Å². The first-order valence-corrected chi connectivity index (χ1v) is 7.41. The van der Waals surface area contributed by atoms with Crippen LogP contribution in [0.15, 0.2) is 41.2 Å². The maximum absolute atomic E-state index is 12.1. The van der Waals surface area contributed by atoms with Crippen LogP contribution in [0, 0.1) is 5.92 Å². The molecule has 2 aromatic rings. The lowest BCUT2D eigenvalue weighted by Gasteiger charge is -2.15. The molecule has 5 nitrogen and oxygen atoms in total. The first-order valence-electron chi connectivity index (χ1n) is 7.41. The molecule has 0 aliphatic rings. The first-order chi connectivity index (χ1) is 10.5. The molecule has 116 valence electrons. The van der Waals surface area contributed by atoms with E-state index >= 15 is 0 Å². The highest BCUT2D eigenvalue weighted by Gasteiger charge is 2.12. The molecule has 2 rings (SSSR count). The number of aromatic nitrogens is 2. The van der Waals surface area contributed by atoms with Crippen LogP contribution < -0.4 is 10.9 Å². The molecule has 0 saturated carbocycles. The third-order valence-corrected chi connectivity index (χ3v) is 3.38. The van der Waals surface area contributed by atoms with Crippen LogP contribution in [-0.2, 0) is 6.42 Å². The summed E-state index contributed by atoms with van der Waals surface area (Å²) < 4.78 is 0. The third kappa shape index (κ3) is 4.28. The molecule has 1 aromatic heterocycles. The van der Waals surface area contributed by atoms with Gasteiger partial charge in [0, 0.05) is 6.07 Å². The molecule has 0 fully saturated rings. The quantitative estimate of drug-likeness (QED) is 0.890. The Balaban J connectivity index is 2.02. The summed E-state index contributed by atoms with van der Waals surface area (Å²) in [6.45, 7) is 6.29. The van der Waals surface area contributed by atoms with Crippen molar-refractivity contribution in [3.8, 4) is 0 Å². The van der Waals surface area contributed by atoms with E-state index in [2.05, 4.69) is 41.5 Å². The first kappa shape index (κ1) is 15.9. The Morgan fingerprint density at radius 3 is 2.36 bits per heavy atom. The van der Waals surface area contributed by atoms with Gasteiger partial charge in [0.2, 0.25) is 0 Å². The van der Waals surface area contributed by atoms with E-state index in [0.29, 0.717) is 5.92 Å². The van der Waals surface area contributed by atoms with Gasteiger partial charge in [-0.15, -0.1) is 0 Å². The zero-order chi connectivity index (χ0) is 16.1. The molecular weight excluding hydrogens is 278 g/mol. The van der Waals surface area contributed by atoms with Gasteiger partial charge in [0.1, 0.15) is 5.69 Å². The van der Waals surface area contributed by atoms with Crippen LogP contribution in [0.4, 0.5) is 0 Å². The lowest BCUT2D eigenvalue weighted by atomic mass is 10.00. The maximum atomic E-state index is 12.1. The number of amides is 1. The Morgan fingerprint density at radius 2 is 1.82 bits per heavy atom. The summed E-state index contributed by atoms with van der Waals surface area (Å²) in [5.41, 5.74) is 2.19. The third-order valence-electron chi connectivity index (χ3n) is 3.38. The number of carbonyl (C=O) groups excluding carboxylic acids is 1. The molecule has 1 heterocycles. The summed E-state index contributed by atoms with van der Waals surface area (Å²) in [4.78, 5) is 23.0. The van der Waals surface area contributed by atoms with Crippen molar-refractivity contribution in [2.24, 2.45) is 5.92 Å². The van der Waals surface area contributed by atoms with Crippen molar-refractivity contribution in [2.75, 3.05) is 0 Å². The molecule has 0 aliphatic heterocycles. The van der Waals surface area contributed by atoms with Crippen molar-refractivity contribution in [2.45, 2.75) is 33.2 Å². The monoisotopic (exact) mass is 299 g/mol. The Bertz CT molecular complexity index is 669. The second kappa shape index (κ2) is 7.02. The molecule has 2 N–H and O–H groups in total. The van der Waals surface area contributed by atoms with Crippen LogP contribution >= 0.6 is 0 Å². The van der Waals surface area contributed by atoms with Gasteiger partial charge in [-0.3, -0.25) is 9.59 Å². The van der Waals surface area contributed by atoms with Crippen LogP contribution in [0.5, 0.6) is 0 Å². The van der Waals surface area contributed by atoms with Gasteiger partial charge < -0.3 is 5.32 Å². The van der Waals surface area contributed by atoms with E-state index in [1.807, 2.05) is 19.1 Å². The molecular formula is C17H21N3O2. The molecule has 22 heavy (non-hydrogen) atoms. The Hall–Kier alpha value is -2.43. The molecule has 0 saturated heterocycles. The summed E-state index contributed by atoms with van der Waals surface area (Å²) in [5.74, 6) is 0.310. The van der Waals surface area contributed by atoms with Gasteiger partial charge in [-0.2, -0.15) is 5.10 Å². The lowest BCUT2D eigenvalue weighted by molar-refractivity contribution is 0.0933. The molecule has 0 bridgehead atoms. The van der Waals surface area contributed by atoms with E-state index in [1.165, 1.54) is 17.7 Å². The van der Waals surface area contributed by atoms with Gasteiger partial charge in [0.05, 0.1) is 6.04 Å². The fourth-order valence-electron chi connectivity index (χ4n) is 2.24. The summed E-state index contributed by atoms with van der Waals surface area (Å²) in [5, 5.41) is 8.84. The fourth-order valence-corrected chi connectivity index (χ4v) is 2.24. The van der Waals surface area contributed by atoms with E-state index in [1.54, 1.807) is 0 Å². The second-order valence-corrected chi connectivity index (χ2v) is 5.84. The Labute approximate surface area is 129 Å². The Morgan fingerprint density at radius 1 is 1.14 bits per heavy atom. The van der Waals surface area contributed by atoms with E-state index in [0.717, 1.165) is 12.0 Å². The predicted octanol–water partition coefficient (Wildman–Crippen LogP) is 2.46. The van der Waals surface area contributed by atoms with Crippen LogP contribution in [0.25, 0.3) is 0 Å². The van der Waals surface area contributed by atoms with Gasteiger partial charge in [0.15, 0.2) is 0 Å². The highest BCUT2D eigenvalue weighted by Crippen LogP contribution is 2.15. The second-order valence-electron chi connectivity index (χ2n) is 5.84. The number of aromatic amines is 1. The maximum Gasteiger partial charge on any atom is 0.272 e. The largest absolute Gasteiger partial charge is 0.344 e. The highest BCUT2D eigenvalue weighted by atomic mass is 16.2.